The summed E-state index contributed by atoms with van der Waals surface area (Å²) in [6.45, 7) is 6.05. The van der Waals surface area contributed by atoms with Gasteiger partial charge in [-0.1, -0.05) is 31.2 Å². The van der Waals surface area contributed by atoms with E-state index in [0.29, 0.717) is 6.42 Å². The molecule has 0 saturated carbocycles. The van der Waals surface area contributed by atoms with Crippen LogP contribution in [0.4, 0.5) is 0 Å². The summed E-state index contributed by atoms with van der Waals surface area (Å²) in [5, 5.41) is 10.2. The van der Waals surface area contributed by atoms with Crippen molar-refractivity contribution in [2.24, 2.45) is 0 Å². The fourth-order valence-corrected chi connectivity index (χ4v) is 1.78. The third-order valence-corrected chi connectivity index (χ3v) is 3.55. The smallest absolute Gasteiger partial charge is 0.0909 e. The number of hydrogen-bond donors (Lipinski definition) is 1. The molecule has 0 aromatic heterocycles. The van der Waals surface area contributed by atoms with Crippen LogP contribution in [0.2, 0.25) is 0 Å². The van der Waals surface area contributed by atoms with Crippen LogP contribution in [-0.2, 0) is 11.2 Å². The van der Waals surface area contributed by atoms with Crippen LogP contribution >= 0.6 is 0 Å². The molecule has 1 rings (SSSR count). The largest absolute Gasteiger partial charge is 0.390 e. The summed E-state index contributed by atoms with van der Waals surface area (Å²) in [4.78, 5) is 0. The molecular formula is C14H22O2. The lowest BCUT2D eigenvalue weighted by molar-refractivity contribution is -0.0914. The van der Waals surface area contributed by atoms with Crippen LogP contribution in [0.5, 0.6) is 0 Å². The maximum Gasteiger partial charge on any atom is 0.0909 e. The van der Waals surface area contributed by atoms with Crippen LogP contribution in [0, 0.1) is 6.92 Å². The summed E-state index contributed by atoms with van der Waals surface area (Å²) < 4.78 is 5.41. The molecule has 0 spiro atoms. The summed E-state index contributed by atoms with van der Waals surface area (Å²) in [6, 6.07) is 8.15. The number of aliphatic hydroxyl groups is 1. The standard InChI is InChI=1S/C14H22O2/c1-5-14(3,16-4)13(15)10-12-9-7-6-8-11(12)2/h6-9,13,15H,5,10H2,1-4H3. The second-order valence-electron chi connectivity index (χ2n) is 4.52. The molecule has 0 bridgehead atoms. The van der Waals surface area contributed by atoms with Crippen molar-refractivity contribution in [1.82, 2.24) is 0 Å². The average molecular weight is 222 g/mol. The molecule has 16 heavy (non-hydrogen) atoms. The Kier molecular flexibility index (Phi) is 4.51. The van der Waals surface area contributed by atoms with E-state index in [1.807, 2.05) is 26.0 Å². The zero-order valence-corrected chi connectivity index (χ0v) is 10.7. The second-order valence-corrected chi connectivity index (χ2v) is 4.52. The Hall–Kier alpha value is -0.860. The van der Waals surface area contributed by atoms with Gasteiger partial charge in [-0.3, -0.25) is 0 Å². The average Bonchev–Trinajstić information content (AvgIpc) is 2.31. The minimum absolute atomic E-state index is 0.456. The third kappa shape index (κ3) is 2.83. The Morgan fingerprint density at radius 3 is 2.50 bits per heavy atom. The van der Waals surface area contributed by atoms with Gasteiger partial charge in [0, 0.05) is 13.5 Å². The highest BCUT2D eigenvalue weighted by atomic mass is 16.5. The normalized spacial score (nSPS) is 16.8. The van der Waals surface area contributed by atoms with Gasteiger partial charge in [0.25, 0.3) is 0 Å². The lowest BCUT2D eigenvalue weighted by Gasteiger charge is -2.32. The molecule has 2 unspecified atom stereocenters. The summed E-state index contributed by atoms with van der Waals surface area (Å²) >= 11 is 0. The van der Waals surface area contributed by atoms with Gasteiger partial charge in [0.2, 0.25) is 0 Å². The Balaban J connectivity index is 2.78. The maximum absolute atomic E-state index is 10.2. The zero-order chi connectivity index (χ0) is 12.2. The van der Waals surface area contributed by atoms with Gasteiger partial charge in [-0.2, -0.15) is 0 Å². The molecule has 0 saturated heterocycles. The number of ether oxygens (including phenoxy) is 1. The van der Waals surface area contributed by atoms with E-state index in [2.05, 4.69) is 19.1 Å². The van der Waals surface area contributed by atoms with Crippen molar-refractivity contribution in [2.45, 2.75) is 45.3 Å². The van der Waals surface area contributed by atoms with Crippen LogP contribution in [0.1, 0.15) is 31.4 Å². The number of methoxy groups -OCH3 is 1. The molecule has 0 radical (unpaired) electrons. The van der Waals surface area contributed by atoms with Gasteiger partial charge in [0.05, 0.1) is 11.7 Å². The predicted octanol–water partition coefficient (Wildman–Crippen LogP) is 2.71. The number of aryl methyl sites for hydroxylation is 1. The summed E-state index contributed by atoms with van der Waals surface area (Å²) in [6.07, 6.45) is 0.977. The van der Waals surface area contributed by atoms with Gasteiger partial charge in [-0.05, 0) is 31.4 Å². The van der Waals surface area contributed by atoms with Gasteiger partial charge in [-0.25, -0.2) is 0 Å². The Bertz CT molecular complexity index is 329. The predicted molar refractivity (Wildman–Crippen MR) is 66.6 cm³/mol. The Morgan fingerprint density at radius 1 is 1.38 bits per heavy atom. The Labute approximate surface area is 98.3 Å². The van der Waals surface area contributed by atoms with Crippen molar-refractivity contribution >= 4 is 0 Å². The zero-order valence-electron chi connectivity index (χ0n) is 10.7. The van der Waals surface area contributed by atoms with E-state index >= 15 is 0 Å². The number of rotatable bonds is 5. The van der Waals surface area contributed by atoms with E-state index < -0.39 is 11.7 Å². The van der Waals surface area contributed by atoms with Gasteiger partial charge in [0.1, 0.15) is 0 Å². The first-order valence-corrected chi connectivity index (χ1v) is 5.81. The first-order chi connectivity index (χ1) is 7.53. The van der Waals surface area contributed by atoms with Crippen LogP contribution in [-0.4, -0.2) is 23.9 Å². The first-order valence-electron chi connectivity index (χ1n) is 5.81. The quantitative estimate of drug-likeness (QED) is 0.830. The molecule has 0 fully saturated rings. The van der Waals surface area contributed by atoms with E-state index in [1.165, 1.54) is 11.1 Å². The van der Waals surface area contributed by atoms with Crippen molar-refractivity contribution in [3.63, 3.8) is 0 Å². The third-order valence-electron chi connectivity index (χ3n) is 3.55. The molecule has 0 aliphatic heterocycles. The lowest BCUT2D eigenvalue weighted by atomic mass is 9.89. The van der Waals surface area contributed by atoms with Gasteiger partial charge in [-0.15, -0.1) is 0 Å². The topological polar surface area (TPSA) is 29.5 Å². The van der Waals surface area contributed by atoms with Crippen molar-refractivity contribution in [3.8, 4) is 0 Å². The summed E-state index contributed by atoms with van der Waals surface area (Å²) in [7, 11) is 1.66. The second kappa shape index (κ2) is 5.46. The van der Waals surface area contributed by atoms with Gasteiger partial charge >= 0.3 is 0 Å². The van der Waals surface area contributed by atoms with Crippen LogP contribution in [0.25, 0.3) is 0 Å². The number of hydrogen-bond acceptors (Lipinski definition) is 2. The minimum Gasteiger partial charge on any atom is -0.390 e. The molecule has 0 aliphatic carbocycles. The van der Waals surface area contributed by atoms with Crippen molar-refractivity contribution in [1.29, 1.82) is 0 Å². The van der Waals surface area contributed by atoms with Crippen molar-refractivity contribution in [2.75, 3.05) is 7.11 Å². The van der Waals surface area contributed by atoms with E-state index in [-0.39, 0.29) is 0 Å². The SMILES string of the molecule is CCC(C)(OC)C(O)Cc1ccccc1C. The number of aliphatic hydroxyl groups excluding tert-OH is 1. The van der Waals surface area contributed by atoms with Gasteiger partial charge in [0.15, 0.2) is 0 Å². The minimum atomic E-state index is -0.469. The van der Waals surface area contributed by atoms with E-state index in [0.717, 1.165) is 6.42 Å². The molecule has 2 nitrogen and oxygen atoms in total. The monoisotopic (exact) mass is 222 g/mol. The first kappa shape index (κ1) is 13.2. The lowest BCUT2D eigenvalue weighted by Crippen LogP contribution is -2.42. The fourth-order valence-electron chi connectivity index (χ4n) is 1.78. The molecule has 2 heteroatoms. The summed E-state index contributed by atoms with van der Waals surface area (Å²) in [5.41, 5.74) is 1.95. The molecular weight excluding hydrogens is 200 g/mol. The maximum atomic E-state index is 10.2. The highest BCUT2D eigenvalue weighted by Crippen LogP contribution is 2.23. The van der Waals surface area contributed by atoms with Crippen LogP contribution < -0.4 is 0 Å². The van der Waals surface area contributed by atoms with Crippen LogP contribution in [0.3, 0.4) is 0 Å². The van der Waals surface area contributed by atoms with Gasteiger partial charge < -0.3 is 9.84 Å². The van der Waals surface area contributed by atoms with Crippen molar-refractivity contribution in [3.05, 3.63) is 35.4 Å². The fraction of sp³-hybridized carbons (Fsp3) is 0.571. The molecule has 0 aliphatic rings. The molecule has 1 aromatic rings. The van der Waals surface area contributed by atoms with Crippen molar-refractivity contribution < 1.29 is 9.84 Å². The number of benzene rings is 1. The molecule has 90 valence electrons. The van der Waals surface area contributed by atoms with Crippen LogP contribution in [0.15, 0.2) is 24.3 Å². The molecule has 1 aromatic carbocycles. The summed E-state index contributed by atoms with van der Waals surface area (Å²) in [5.74, 6) is 0. The molecule has 2 atom stereocenters. The highest BCUT2D eigenvalue weighted by molar-refractivity contribution is 5.26. The van der Waals surface area contributed by atoms with E-state index in [4.69, 9.17) is 4.74 Å². The Morgan fingerprint density at radius 2 is 2.00 bits per heavy atom. The highest BCUT2D eigenvalue weighted by Gasteiger charge is 2.31. The molecule has 1 N–H and O–H groups in total. The molecule has 0 amide bonds. The van der Waals surface area contributed by atoms with E-state index in [1.54, 1.807) is 7.11 Å². The van der Waals surface area contributed by atoms with E-state index in [9.17, 15) is 5.11 Å². The molecule has 0 heterocycles.